The minimum atomic E-state index is -0.507. The second-order valence-electron chi connectivity index (χ2n) is 13.2. The van der Waals surface area contributed by atoms with E-state index in [1.807, 2.05) is 0 Å². The van der Waals surface area contributed by atoms with Gasteiger partial charge in [-0.25, -0.2) is 0 Å². The molecule has 1 heterocycles. The highest BCUT2D eigenvalue weighted by molar-refractivity contribution is 9.10. The zero-order valence-corrected chi connectivity index (χ0v) is 28.1. The van der Waals surface area contributed by atoms with Gasteiger partial charge in [-0.15, -0.1) is 0 Å². The molecule has 1 aliphatic carbocycles. The molecule has 1 aliphatic heterocycles. The van der Waals surface area contributed by atoms with Crippen molar-refractivity contribution in [2.75, 3.05) is 0 Å². The molecule has 0 atom stereocenters. The molecule has 3 aromatic rings. The Kier molecular flexibility index (Phi) is 10.3. The summed E-state index contributed by atoms with van der Waals surface area (Å²) in [7, 11) is -0.445. The molecule has 0 spiro atoms. The summed E-state index contributed by atoms with van der Waals surface area (Å²) >= 11 is 3.87. The number of halogens is 1. The molecule has 0 radical (unpaired) electrons. The lowest BCUT2D eigenvalue weighted by Crippen LogP contribution is -2.36. The minimum absolute atomic E-state index is 0.00608. The molecule has 0 N–H and O–H groups in total. The van der Waals surface area contributed by atoms with E-state index >= 15 is 0 Å². The number of hydrogen-bond donors (Lipinski definition) is 0. The largest absolute Gasteiger partial charge is 0.564 e. The van der Waals surface area contributed by atoms with Gasteiger partial charge in [0.25, 0.3) is 0 Å². The minimum Gasteiger partial charge on any atom is -0.534 e. The maximum Gasteiger partial charge on any atom is 0.564 e. The van der Waals surface area contributed by atoms with Crippen molar-refractivity contribution in [2.45, 2.75) is 129 Å². The number of fused-ring (bicyclic) bond motifs is 5. The highest BCUT2D eigenvalue weighted by Gasteiger charge is 2.47. The van der Waals surface area contributed by atoms with E-state index in [1.54, 1.807) is 0 Å². The monoisotopic (exact) mass is 628 g/mol. The van der Waals surface area contributed by atoms with Gasteiger partial charge in [-0.3, -0.25) is 0 Å². The lowest BCUT2D eigenvalue weighted by atomic mass is 9.67. The summed E-state index contributed by atoms with van der Waals surface area (Å²) in [5.41, 5.74) is 6.44. The van der Waals surface area contributed by atoms with E-state index in [0.717, 1.165) is 5.46 Å². The van der Waals surface area contributed by atoms with Gasteiger partial charge in [0.15, 0.2) is 0 Å². The zero-order chi connectivity index (χ0) is 29.7. The molecular weight excluding hydrogens is 579 g/mol. The van der Waals surface area contributed by atoms with Crippen molar-refractivity contribution in [3.8, 4) is 11.1 Å². The third kappa shape index (κ3) is 6.27. The van der Waals surface area contributed by atoms with Crippen molar-refractivity contribution in [1.29, 1.82) is 0 Å². The number of rotatable bonds is 15. The molecule has 0 saturated carbocycles. The van der Waals surface area contributed by atoms with Crippen molar-refractivity contribution in [1.82, 2.24) is 0 Å². The second-order valence-corrected chi connectivity index (χ2v) is 14.2. The summed E-state index contributed by atoms with van der Waals surface area (Å²) in [5, 5.41) is 2.53. The number of unbranched alkanes of at least 4 members (excludes halogenated alkanes) is 10. The van der Waals surface area contributed by atoms with E-state index in [2.05, 4.69) is 98.7 Å². The van der Waals surface area contributed by atoms with Gasteiger partial charge in [0.1, 0.15) is 5.60 Å². The Morgan fingerprint density at radius 1 is 0.738 bits per heavy atom. The maximum absolute atomic E-state index is 6.52. The molecule has 0 unspecified atom stereocenters. The normalized spacial score (nSPS) is 16.6. The standard InChI is InChI=1S/C38H50BBrO2/c1-6-8-10-12-14-18-24-38(25-19-15-13-11-9-7-2)33-26-29(40)22-23-32(33)36-31-21-17-16-20-30(31)35(27-34(36)38)39-41-28(3)37(4,5)42-39/h16-17,20-23,26-27H,3,6-15,18-19,24-25H2,1-2,4-5H3. The van der Waals surface area contributed by atoms with E-state index in [-0.39, 0.29) is 5.41 Å². The predicted octanol–water partition coefficient (Wildman–Crippen LogP) is 11.4. The summed E-state index contributed by atoms with van der Waals surface area (Å²) in [4.78, 5) is 0. The molecule has 2 nitrogen and oxygen atoms in total. The Morgan fingerprint density at radius 2 is 1.33 bits per heavy atom. The molecule has 224 valence electrons. The Balaban J connectivity index is 1.61. The number of hydrogen-bond acceptors (Lipinski definition) is 2. The fraction of sp³-hybridized carbons (Fsp3) is 0.526. The van der Waals surface area contributed by atoms with Crippen LogP contribution in [0, 0.1) is 0 Å². The highest BCUT2D eigenvalue weighted by Crippen LogP contribution is 2.56. The van der Waals surface area contributed by atoms with Crippen LogP contribution in [0.25, 0.3) is 21.9 Å². The van der Waals surface area contributed by atoms with E-state index in [9.17, 15) is 0 Å². The second kappa shape index (κ2) is 13.7. The van der Waals surface area contributed by atoms with Crippen molar-refractivity contribution < 1.29 is 9.31 Å². The molecule has 42 heavy (non-hydrogen) atoms. The molecular formula is C38H50BBrO2. The topological polar surface area (TPSA) is 18.5 Å². The molecule has 0 amide bonds. The van der Waals surface area contributed by atoms with Crippen LogP contribution in [0.5, 0.6) is 0 Å². The molecule has 2 aliphatic rings. The quantitative estimate of drug-likeness (QED) is 0.123. The van der Waals surface area contributed by atoms with Crippen LogP contribution in [0.1, 0.15) is 129 Å². The third-order valence-corrected chi connectivity index (χ3v) is 10.3. The van der Waals surface area contributed by atoms with Crippen LogP contribution in [0.15, 0.2) is 65.3 Å². The Morgan fingerprint density at radius 3 is 1.93 bits per heavy atom. The summed E-state index contributed by atoms with van der Waals surface area (Å²) in [6, 6.07) is 18.4. The SMILES string of the molecule is C=C1OB(c2cc3c(c4ccccc24)-c2ccc(Br)cc2C3(CCCCCCCC)CCCCCCCC)OC1(C)C. The molecule has 0 bridgehead atoms. The average molecular weight is 630 g/mol. The van der Waals surface area contributed by atoms with Crippen LogP contribution in [-0.4, -0.2) is 12.7 Å². The molecule has 4 heteroatoms. The summed E-state index contributed by atoms with van der Waals surface area (Å²) in [5.74, 6) is 0.703. The van der Waals surface area contributed by atoms with Crippen LogP contribution in [-0.2, 0) is 14.7 Å². The molecule has 3 aromatic carbocycles. The van der Waals surface area contributed by atoms with E-state index in [0.29, 0.717) is 5.76 Å². The lowest BCUT2D eigenvalue weighted by Gasteiger charge is -2.33. The van der Waals surface area contributed by atoms with Crippen molar-refractivity contribution in [3.05, 3.63) is 76.5 Å². The van der Waals surface area contributed by atoms with Gasteiger partial charge in [0.2, 0.25) is 0 Å². The summed E-state index contributed by atoms with van der Waals surface area (Å²) in [6.45, 7) is 12.9. The fourth-order valence-corrected chi connectivity index (χ4v) is 7.74. The first-order chi connectivity index (χ1) is 20.3. The van der Waals surface area contributed by atoms with Crippen LogP contribution in [0.3, 0.4) is 0 Å². The van der Waals surface area contributed by atoms with Gasteiger partial charge in [-0.2, -0.15) is 0 Å². The third-order valence-electron chi connectivity index (χ3n) is 9.85. The van der Waals surface area contributed by atoms with Gasteiger partial charge in [0, 0.05) is 15.4 Å². The summed E-state index contributed by atoms with van der Waals surface area (Å²) < 4.78 is 14.0. The van der Waals surface area contributed by atoms with Crippen molar-refractivity contribution in [3.63, 3.8) is 0 Å². The van der Waals surface area contributed by atoms with Crippen LogP contribution >= 0.6 is 15.9 Å². The maximum atomic E-state index is 6.52. The van der Waals surface area contributed by atoms with E-state index in [4.69, 9.17) is 9.31 Å². The van der Waals surface area contributed by atoms with E-state index in [1.165, 1.54) is 127 Å². The van der Waals surface area contributed by atoms with Gasteiger partial charge in [-0.1, -0.05) is 150 Å². The van der Waals surface area contributed by atoms with Crippen molar-refractivity contribution in [2.24, 2.45) is 0 Å². The van der Waals surface area contributed by atoms with Crippen molar-refractivity contribution >= 4 is 39.3 Å². The number of benzene rings is 3. The smallest absolute Gasteiger partial charge is 0.534 e. The van der Waals surface area contributed by atoms with Gasteiger partial charge in [0.05, 0.1) is 5.76 Å². The molecule has 0 aromatic heterocycles. The van der Waals surface area contributed by atoms with Crippen LogP contribution in [0.2, 0.25) is 0 Å². The first kappa shape index (κ1) is 31.4. The lowest BCUT2D eigenvalue weighted by molar-refractivity contribution is 0.173. The molecule has 1 saturated heterocycles. The molecule has 1 fully saturated rings. The van der Waals surface area contributed by atoms with Crippen LogP contribution < -0.4 is 5.46 Å². The van der Waals surface area contributed by atoms with E-state index < -0.39 is 12.7 Å². The predicted molar refractivity (Wildman–Crippen MR) is 185 cm³/mol. The first-order valence-corrected chi connectivity index (χ1v) is 17.5. The Bertz CT molecular complexity index is 1380. The zero-order valence-electron chi connectivity index (χ0n) is 26.5. The highest BCUT2D eigenvalue weighted by atomic mass is 79.9. The summed E-state index contributed by atoms with van der Waals surface area (Å²) in [6.07, 6.45) is 18.2. The van der Waals surface area contributed by atoms with Crippen LogP contribution in [0.4, 0.5) is 0 Å². The Hall–Kier alpha value is -2.04. The van der Waals surface area contributed by atoms with Gasteiger partial charge in [-0.05, 0) is 71.8 Å². The Labute approximate surface area is 263 Å². The fourth-order valence-electron chi connectivity index (χ4n) is 7.37. The molecule has 5 rings (SSSR count). The van der Waals surface area contributed by atoms with Gasteiger partial charge < -0.3 is 9.31 Å². The first-order valence-electron chi connectivity index (χ1n) is 16.7. The van der Waals surface area contributed by atoms with Gasteiger partial charge >= 0.3 is 7.12 Å². The average Bonchev–Trinajstić information content (AvgIpc) is 3.41.